The third kappa shape index (κ3) is 2.41. The molecular weight excluding hydrogens is 234 g/mol. The van der Waals surface area contributed by atoms with Gasteiger partial charge in [-0.3, -0.25) is 9.59 Å². The number of benzene rings is 1. The fraction of sp³-hybridized carbons (Fsp3) is 0.231. The minimum Gasteiger partial charge on any atom is -0.485 e. The van der Waals surface area contributed by atoms with Gasteiger partial charge in [-0.2, -0.15) is 0 Å². The zero-order valence-electron chi connectivity index (χ0n) is 9.68. The molecule has 0 fully saturated rings. The number of nitrogens with one attached hydrogen (secondary N) is 1. The topological polar surface area (TPSA) is 75.6 Å². The van der Waals surface area contributed by atoms with Crippen LogP contribution >= 0.6 is 0 Å². The lowest BCUT2D eigenvalue weighted by atomic mass is 10.2. The Morgan fingerprint density at radius 3 is 2.50 bits per heavy atom. The normalized spacial score (nSPS) is 10.5. The molecule has 2 rings (SSSR count). The molecule has 0 unspecified atom stereocenters. The average Bonchev–Trinajstić information content (AvgIpc) is 2.42. The number of ether oxygens (including phenoxy) is 1. The van der Waals surface area contributed by atoms with Crippen molar-refractivity contribution in [2.45, 2.75) is 6.54 Å². The molecule has 0 aliphatic carbocycles. The van der Waals surface area contributed by atoms with E-state index >= 15 is 0 Å². The summed E-state index contributed by atoms with van der Waals surface area (Å²) in [6, 6.07) is 9.50. The van der Waals surface area contributed by atoms with Crippen LogP contribution in [-0.4, -0.2) is 18.3 Å². The second-order valence-corrected chi connectivity index (χ2v) is 3.77. The van der Waals surface area contributed by atoms with Gasteiger partial charge in [0.2, 0.25) is 0 Å². The van der Waals surface area contributed by atoms with Crippen molar-refractivity contribution in [3.63, 3.8) is 0 Å². The molecule has 0 radical (unpaired) electrons. The number of hydrogen-bond acceptors (Lipinski definition) is 5. The first-order chi connectivity index (χ1) is 8.74. The number of rotatable bonds is 6. The lowest BCUT2D eigenvalue weighted by Crippen LogP contribution is -2.36. The van der Waals surface area contributed by atoms with Gasteiger partial charge in [-0.1, -0.05) is 30.3 Å². The van der Waals surface area contributed by atoms with Gasteiger partial charge in [0.15, 0.2) is 5.75 Å². The van der Waals surface area contributed by atoms with Crippen LogP contribution < -0.4 is 20.9 Å². The summed E-state index contributed by atoms with van der Waals surface area (Å²) in [6.45, 7) is 0.253. The van der Waals surface area contributed by atoms with Crippen LogP contribution in [0, 0.1) is 0 Å². The van der Waals surface area contributed by atoms with Gasteiger partial charge in [-0.15, -0.1) is 0 Å². The van der Waals surface area contributed by atoms with Crippen molar-refractivity contribution in [3.05, 3.63) is 56.3 Å². The fourth-order valence-electron chi connectivity index (χ4n) is 1.60. The first-order valence-electron chi connectivity index (χ1n) is 5.59. The maximum absolute atomic E-state index is 11.3. The summed E-state index contributed by atoms with van der Waals surface area (Å²) in [7, 11) is 0. The fourth-order valence-corrected chi connectivity index (χ4v) is 1.60. The molecule has 5 nitrogen and oxygen atoms in total. The molecule has 0 amide bonds. The van der Waals surface area contributed by atoms with Crippen LogP contribution in [0.3, 0.4) is 0 Å². The molecule has 0 bridgehead atoms. The van der Waals surface area contributed by atoms with Crippen molar-refractivity contribution >= 4 is 5.69 Å². The number of aliphatic hydroxyl groups is 1. The smallest absolute Gasteiger partial charge is 0.272 e. The van der Waals surface area contributed by atoms with Crippen LogP contribution in [0.25, 0.3) is 0 Å². The highest BCUT2D eigenvalue weighted by atomic mass is 16.5. The summed E-state index contributed by atoms with van der Waals surface area (Å²) < 4.78 is 5.01. The monoisotopic (exact) mass is 247 g/mol. The molecule has 18 heavy (non-hydrogen) atoms. The Morgan fingerprint density at radius 1 is 1.11 bits per heavy atom. The summed E-state index contributed by atoms with van der Waals surface area (Å²) in [5.74, 6) is 0.0185. The van der Waals surface area contributed by atoms with E-state index in [4.69, 9.17) is 9.84 Å². The molecule has 0 saturated carbocycles. The van der Waals surface area contributed by atoms with Crippen LogP contribution in [0.1, 0.15) is 5.56 Å². The molecule has 2 N–H and O–H groups in total. The first-order valence-corrected chi connectivity index (χ1v) is 5.59. The summed E-state index contributed by atoms with van der Waals surface area (Å²) >= 11 is 0. The van der Waals surface area contributed by atoms with E-state index in [-0.39, 0.29) is 24.7 Å². The van der Waals surface area contributed by atoms with Crippen LogP contribution in [0.15, 0.2) is 39.9 Å². The Labute approximate surface area is 103 Å². The van der Waals surface area contributed by atoms with Gasteiger partial charge in [0.1, 0.15) is 12.3 Å². The predicted octanol–water partition coefficient (Wildman–Crippen LogP) is 0.266. The number of hydrogen-bond donors (Lipinski definition) is 2. The second kappa shape index (κ2) is 5.46. The highest BCUT2D eigenvalue weighted by molar-refractivity contribution is 5.61. The Kier molecular flexibility index (Phi) is 3.74. The maximum Gasteiger partial charge on any atom is 0.272 e. The van der Waals surface area contributed by atoms with Gasteiger partial charge in [0, 0.05) is 6.54 Å². The van der Waals surface area contributed by atoms with E-state index in [2.05, 4.69) is 5.32 Å². The van der Waals surface area contributed by atoms with E-state index in [0.717, 1.165) is 5.56 Å². The molecule has 0 spiro atoms. The van der Waals surface area contributed by atoms with Gasteiger partial charge in [0.05, 0.1) is 6.61 Å². The average molecular weight is 247 g/mol. The number of anilines is 1. The van der Waals surface area contributed by atoms with Crippen molar-refractivity contribution in [1.29, 1.82) is 0 Å². The Hall–Kier alpha value is -2.14. The zero-order valence-corrected chi connectivity index (χ0v) is 9.68. The minimum absolute atomic E-state index is 0.00483. The zero-order chi connectivity index (χ0) is 13.0. The first kappa shape index (κ1) is 12.3. The molecule has 0 aliphatic rings. The molecule has 2 aromatic rings. The van der Waals surface area contributed by atoms with Crippen molar-refractivity contribution in [3.8, 4) is 5.75 Å². The standard InChI is InChI=1S/C13H13NO4/c15-6-7-18-13-10(11(16)12(13)17)14-8-9-4-2-1-3-5-9/h1-5,14-15H,6-8H2. The largest absolute Gasteiger partial charge is 0.485 e. The van der Waals surface area contributed by atoms with Crippen LogP contribution in [0.5, 0.6) is 5.75 Å². The van der Waals surface area contributed by atoms with E-state index in [0.29, 0.717) is 6.54 Å². The van der Waals surface area contributed by atoms with E-state index in [1.54, 1.807) is 0 Å². The van der Waals surface area contributed by atoms with Gasteiger partial charge >= 0.3 is 0 Å². The summed E-state index contributed by atoms with van der Waals surface area (Å²) in [6.07, 6.45) is 0. The van der Waals surface area contributed by atoms with E-state index in [9.17, 15) is 9.59 Å². The molecule has 0 heterocycles. The lowest BCUT2D eigenvalue weighted by Gasteiger charge is -2.13. The molecule has 2 aromatic carbocycles. The molecule has 94 valence electrons. The predicted molar refractivity (Wildman–Crippen MR) is 67.7 cm³/mol. The van der Waals surface area contributed by atoms with Crippen LogP contribution in [0.4, 0.5) is 5.69 Å². The number of aliphatic hydroxyl groups excluding tert-OH is 1. The molecule has 0 saturated heterocycles. The van der Waals surface area contributed by atoms with E-state index in [1.165, 1.54) is 0 Å². The second-order valence-electron chi connectivity index (χ2n) is 3.77. The molecule has 0 aromatic heterocycles. The van der Waals surface area contributed by atoms with Crippen molar-refractivity contribution in [2.24, 2.45) is 0 Å². The Balaban J connectivity index is 2.04. The van der Waals surface area contributed by atoms with Crippen molar-refractivity contribution in [1.82, 2.24) is 0 Å². The summed E-state index contributed by atoms with van der Waals surface area (Å²) in [4.78, 5) is 22.6. The SMILES string of the molecule is O=c1c(NCc2ccccc2)c(OCCO)c1=O. The van der Waals surface area contributed by atoms with Crippen LogP contribution in [0.2, 0.25) is 0 Å². The highest BCUT2D eigenvalue weighted by Gasteiger charge is 2.21. The van der Waals surface area contributed by atoms with Crippen molar-refractivity contribution < 1.29 is 9.84 Å². The summed E-state index contributed by atoms with van der Waals surface area (Å²) in [5, 5.41) is 11.5. The quantitative estimate of drug-likeness (QED) is 0.716. The van der Waals surface area contributed by atoms with Gasteiger partial charge in [-0.25, -0.2) is 0 Å². The minimum atomic E-state index is -0.640. The Bertz CT molecular complexity index is 585. The third-order valence-corrected chi connectivity index (χ3v) is 2.52. The molecule has 5 heteroatoms. The Morgan fingerprint density at radius 2 is 1.83 bits per heavy atom. The van der Waals surface area contributed by atoms with Gasteiger partial charge in [0.25, 0.3) is 10.9 Å². The lowest BCUT2D eigenvalue weighted by molar-refractivity contribution is 0.199. The highest BCUT2D eigenvalue weighted by Crippen LogP contribution is 2.18. The van der Waals surface area contributed by atoms with E-state index < -0.39 is 10.9 Å². The van der Waals surface area contributed by atoms with E-state index in [1.807, 2.05) is 30.3 Å². The third-order valence-electron chi connectivity index (χ3n) is 2.52. The maximum atomic E-state index is 11.3. The molecule has 0 atom stereocenters. The van der Waals surface area contributed by atoms with Crippen LogP contribution in [-0.2, 0) is 6.54 Å². The van der Waals surface area contributed by atoms with Crippen molar-refractivity contribution in [2.75, 3.05) is 18.5 Å². The molecule has 0 aliphatic heterocycles. The molecular formula is C13H13NO4. The van der Waals surface area contributed by atoms with Gasteiger partial charge < -0.3 is 15.2 Å². The van der Waals surface area contributed by atoms with Gasteiger partial charge in [-0.05, 0) is 5.56 Å². The summed E-state index contributed by atoms with van der Waals surface area (Å²) in [5.41, 5.74) is -0.0196.